The van der Waals surface area contributed by atoms with Gasteiger partial charge in [-0.15, -0.1) is 10.2 Å². The van der Waals surface area contributed by atoms with Gasteiger partial charge in [-0.25, -0.2) is 32.9 Å². The topological polar surface area (TPSA) is 364 Å². The van der Waals surface area contributed by atoms with Crippen molar-refractivity contribution >= 4 is 73.1 Å². The maximum atomic E-state index is 14.1. The minimum absolute atomic E-state index is 0.0113. The van der Waals surface area contributed by atoms with Gasteiger partial charge in [-0.2, -0.15) is 0 Å². The molecule has 90 heavy (non-hydrogen) atoms. The molecule has 27 heteroatoms. The van der Waals surface area contributed by atoms with Gasteiger partial charge in [0.05, 0.1) is 4.90 Å². The molecular weight excluding hydrogens is 1240 g/mol. The Bertz CT molecular complexity index is 3700. The number of aromatic amines is 2. The zero-order chi connectivity index (χ0) is 64.0. The third-order valence-corrected chi connectivity index (χ3v) is 18.0. The summed E-state index contributed by atoms with van der Waals surface area (Å²) >= 11 is 3.48. The first kappa shape index (κ1) is 65.5. The van der Waals surface area contributed by atoms with E-state index in [-0.39, 0.29) is 59.3 Å². The van der Waals surface area contributed by atoms with Crippen LogP contribution in [0.3, 0.4) is 0 Å². The third kappa shape index (κ3) is 18.8. The maximum absolute atomic E-state index is 14.1. The number of hydrogen-bond donors (Lipinski definition) is 9. The van der Waals surface area contributed by atoms with Gasteiger partial charge >= 0.3 is 12.2 Å². The molecule has 0 unspecified atom stereocenters. The van der Waals surface area contributed by atoms with Gasteiger partial charge in [0, 0.05) is 70.8 Å². The lowest BCUT2D eigenvalue weighted by molar-refractivity contribution is -0.130. The minimum atomic E-state index is -3.64. The van der Waals surface area contributed by atoms with E-state index >= 15 is 0 Å². The number of nitrogens with one attached hydrogen (secondary N) is 7. The number of tetrazole rings is 2. The van der Waals surface area contributed by atoms with E-state index in [4.69, 9.17) is 15.6 Å². The maximum Gasteiger partial charge on any atom is 0.407 e. The van der Waals surface area contributed by atoms with Gasteiger partial charge in [0.2, 0.25) is 33.7 Å². The van der Waals surface area contributed by atoms with E-state index in [1.807, 2.05) is 75.4 Å². The number of carbonyl (C=O) groups excluding carboxylic acids is 5. The Labute approximate surface area is 529 Å². The van der Waals surface area contributed by atoms with Crippen LogP contribution in [0.25, 0.3) is 33.9 Å². The fourth-order valence-corrected chi connectivity index (χ4v) is 12.9. The molecule has 10 rings (SSSR count). The largest absolute Gasteiger partial charge is 0.465 e. The van der Waals surface area contributed by atoms with Gasteiger partial charge in [-0.1, -0.05) is 64.5 Å². The van der Waals surface area contributed by atoms with Crippen LogP contribution >= 0.6 is 15.9 Å². The number of carboxylic acid groups (broad SMARTS) is 1. The summed E-state index contributed by atoms with van der Waals surface area (Å²) in [6, 6.07) is 34.2. The fourth-order valence-electron chi connectivity index (χ4n) is 11.1. The highest BCUT2D eigenvalue weighted by atomic mass is 79.9. The summed E-state index contributed by atoms with van der Waals surface area (Å²) in [5.74, 6) is -0.553. The van der Waals surface area contributed by atoms with Crippen LogP contribution in [0.1, 0.15) is 96.1 Å². The lowest BCUT2D eigenvalue weighted by atomic mass is 9.81. The van der Waals surface area contributed by atoms with E-state index in [0.29, 0.717) is 80.2 Å². The first-order valence-corrected chi connectivity index (χ1v) is 32.2. The van der Waals surface area contributed by atoms with Crippen molar-refractivity contribution in [3.05, 3.63) is 137 Å². The Hall–Kier alpha value is -8.95. The third-order valence-electron chi connectivity index (χ3n) is 16.0. The number of alkyl carbamates (subject to hydrolysis) is 1. The molecule has 5 aromatic carbocycles. The Morgan fingerprint density at radius 1 is 0.678 bits per heavy atom. The zero-order valence-corrected chi connectivity index (χ0v) is 52.5. The van der Waals surface area contributed by atoms with E-state index in [2.05, 4.69) is 83.2 Å². The van der Waals surface area contributed by atoms with Crippen LogP contribution < -0.4 is 36.6 Å². The number of rotatable bonds is 22. The van der Waals surface area contributed by atoms with Crippen LogP contribution in [0, 0.1) is 23.7 Å². The van der Waals surface area contributed by atoms with Crippen LogP contribution in [0.4, 0.5) is 21.0 Å². The first-order valence-electron chi connectivity index (χ1n) is 29.9. The number of hydrogen-bond acceptors (Lipinski definition) is 15. The summed E-state index contributed by atoms with van der Waals surface area (Å²) in [7, 11) is -3.64. The number of nitrogens with zero attached hydrogens (tertiary/aromatic N) is 7. The van der Waals surface area contributed by atoms with Crippen molar-refractivity contribution in [2.45, 2.75) is 126 Å². The SMILES string of the molecule is CC(C)(C)OC(=O)NC[C@H]1CC[C@H](C(=O)N(c2ccc(-c3nnn[nH]3)cc2)[C@@H](Cc2cccc(Br)c2)C(N)=O)CC1.O=C(O)NC[C@H]1CC[C@H](C(=O)N[C@@H](Cc2cccc(-c3cccc(S(=O)(=O)NC4CC4)c3)c2)C(=O)Nc2ccc(-c3nnn[nH]3)cc2)CC1. The number of H-pyrrole nitrogens is 2. The number of amides is 6. The van der Waals surface area contributed by atoms with Gasteiger partial charge in [-0.3, -0.25) is 24.1 Å². The van der Waals surface area contributed by atoms with Gasteiger partial charge in [0.25, 0.3) is 0 Å². The second-order valence-electron chi connectivity index (χ2n) is 24.0. The van der Waals surface area contributed by atoms with E-state index in [0.717, 1.165) is 58.0 Å². The summed E-state index contributed by atoms with van der Waals surface area (Å²) in [4.78, 5) is 79.0. The van der Waals surface area contributed by atoms with Crippen LogP contribution in [0.5, 0.6) is 0 Å². The Morgan fingerprint density at radius 2 is 1.23 bits per heavy atom. The number of anilines is 2. The fraction of sp³-hybridized carbons (Fsp3) is 0.397. The molecule has 474 valence electrons. The number of sulfonamides is 1. The van der Waals surface area contributed by atoms with Crippen LogP contribution in [0.15, 0.2) is 131 Å². The predicted molar refractivity (Wildman–Crippen MR) is 338 cm³/mol. The zero-order valence-electron chi connectivity index (χ0n) is 50.1. The summed E-state index contributed by atoms with van der Waals surface area (Å²) in [5, 5.41) is 47.7. The molecule has 0 aliphatic heterocycles. The molecule has 0 saturated heterocycles. The lowest BCUT2D eigenvalue weighted by Crippen LogP contribution is -2.52. The Kier molecular flexibility index (Phi) is 21.9. The second kappa shape index (κ2) is 30.0. The standard InChI is InChI=1S/C34H38N8O6S.C29H36BrN7O4/c43-32(24-9-7-21(8-10-24)20-35-34(45)46)37-30(33(44)36-27-13-11-23(12-14-27)31-38-41-42-39-31)18-22-3-1-4-25(17-22)26-5-2-6-29(19-26)49(47,48)40-28-15-16-28;1-29(2,3)41-28(40)32-17-18-7-9-21(10-8-18)27(39)37(23-13-11-20(12-14-23)26-33-35-36-34-26)24(25(31)38)16-19-5-4-6-22(30)15-19/h1-6,11-14,17,19,21,24,28,30,35,40H,7-10,15-16,18,20H2,(H,36,44)(H,37,43)(H,45,46)(H,38,39,41,42);4-6,11-15,18,21,24H,7-10,16-17H2,1-3H3,(H2,31,38)(H,32,40)(H,33,34,35,36)/t21-,24-,30-;18-,21-,24-/m00/s1. The van der Waals surface area contributed by atoms with E-state index in [9.17, 15) is 37.2 Å². The number of carbonyl (C=O) groups is 6. The Morgan fingerprint density at radius 3 is 1.79 bits per heavy atom. The van der Waals surface area contributed by atoms with E-state index < -0.39 is 51.7 Å². The monoisotopic (exact) mass is 1310 g/mol. The molecule has 2 heterocycles. The summed E-state index contributed by atoms with van der Waals surface area (Å²) in [6.07, 6.45) is 6.03. The van der Waals surface area contributed by atoms with Gasteiger partial charge < -0.3 is 36.8 Å². The van der Waals surface area contributed by atoms with Crippen molar-refractivity contribution in [3.63, 3.8) is 0 Å². The highest BCUT2D eigenvalue weighted by molar-refractivity contribution is 9.10. The van der Waals surface area contributed by atoms with Gasteiger partial charge in [-0.05, 0) is 213 Å². The molecule has 0 radical (unpaired) electrons. The molecule has 0 bridgehead atoms. The molecule has 3 aliphatic carbocycles. The molecule has 3 fully saturated rings. The smallest absolute Gasteiger partial charge is 0.407 e. The summed E-state index contributed by atoms with van der Waals surface area (Å²) in [5.41, 5.74) is 11.1. The van der Waals surface area contributed by atoms with Crippen molar-refractivity contribution in [2.24, 2.45) is 29.4 Å². The highest BCUT2D eigenvalue weighted by Gasteiger charge is 2.37. The molecular formula is C63H74BrN15O10S. The van der Waals surface area contributed by atoms with Crippen molar-refractivity contribution in [1.82, 2.24) is 61.9 Å². The number of benzene rings is 5. The van der Waals surface area contributed by atoms with Crippen molar-refractivity contribution in [2.75, 3.05) is 23.3 Å². The second-order valence-corrected chi connectivity index (χ2v) is 26.6. The summed E-state index contributed by atoms with van der Waals surface area (Å²) in [6.45, 7) is 6.31. The minimum Gasteiger partial charge on any atom is -0.465 e. The molecule has 3 aliphatic rings. The van der Waals surface area contributed by atoms with Crippen LogP contribution in [0.2, 0.25) is 0 Å². The number of aromatic nitrogens is 8. The lowest BCUT2D eigenvalue weighted by Gasteiger charge is -2.36. The predicted octanol–water partition coefficient (Wildman–Crippen LogP) is 8.10. The average Bonchev–Trinajstić information content (AvgIpc) is 1.11. The highest BCUT2D eigenvalue weighted by Crippen LogP contribution is 2.35. The number of halogens is 1. The van der Waals surface area contributed by atoms with Gasteiger partial charge in [0.1, 0.15) is 17.7 Å². The molecule has 10 N–H and O–H groups in total. The normalized spacial score (nSPS) is 18.1. The van der Waals surface area contributed by atoms with Crippen molar-refractivity contribution in [1.29, 1.82) is 0 Å². The van der Waals surface area contributed by atoms with Crippen LogP contribution in [-0.4, -0.2) is 127 Å². The van der Waals surface area contributed by atoms with Crippen LogP contribution in [-0.2, 0) is 46.8 Å². The average molecular weight is 1310 g/mol. The number of primary amides is 1. The summed E-state index contributed by atoms with van der Waals surface area (Å²) < 4.78 is 34.6. The van der Waals surface area contributed by atoms with Gasteiger partial charge in [0.15, 0.2) is 11.6 Å². The van der Waals surface area contributed by atoms with Crippen molar-refractivity contribution in [3.8, 4) is 33.9 Å². The molecule has 0 spiro atoms. The Balaban J connectivity index is 0.000000217. The first-order chi connectivity index (χ1) is 43.1. The number of nitrogens with two attached hydrogens (primary N) is 1. The molecule has 2 atom stereocenters. The van der Waals surface area contributed by atoms with E-state index in [1.54, 1.807) is 71.6 Å². The molecule has 25 nitrogen and oxygen atoms in total. The molecule has 2 aromatic heterocycles. The quantitative estimate of drug-likeness (QED) is 0.0309. The molecule has 3 saturated carbocycles. The molecule has 6 amide bonds. The van der Waals surface area contributed by atoms with Crippen molar-refractivity contribution < 1.29 is 47.0 Å². The number of ether oxygens (including phenoxy) is 1. The van der Waals surface area contributed by atoms with E-state index in [1.165, 1.54) is 0 Å². The molecule has 7 aromatic rings.